The molecule has 4 aliphatic rings. The quantitative estimate of drug-likeness (QED) is 0.141. The highest BCUT2D eigenvalue weighted by atomic mass is 16.5. The SMILES string of the molecule is COc1cc2c(cc1OCc1cc(COc3cc4c(cc3C)C(=O)N3c5ccccc5C[C@H]3C(O)N4)cc(NC(C)C)c1)N=C[C@@H]1Cc3ccccc3N1C2=O. The van der Waals surface area contributed by atoms with Crippen LogP contribution in [0.15, 0.2) is 96.0 Å². The lowest BCUT2D eigenvalue weighted by Crippen LogP contribution is -2.45. The monoisotopic (exact) mass is 749 g/mol. The second-order valence-electron chi connectivity index (χ2n) is 15.1. The fourth-order valence-corrected chi connectivity index (χ4v) is 8.31. The third-order valence-corrected chi connectivity index (χ3v) is 10.9. The van der Waals surface area contributed by atoms with Gasteiger partial charge >= 0.3 is 0 Å². The number of nitrogens with zero attached hydrogens (tertiary/aromatic N) is 3. The van der Waals surface area contributed by atoms with Gasteiger partial charge in [-0.15, -0.1) is 0 Å². The molecular formula is C45H43N5O6. The first kappa shape index (κ1) is 35.4. The maximum Gasteiger partial charge on any atom is 0.261 e. The molecule has 3 N–H and O–H groups in total. The normalized spacial score (nSPS) is 18.9. The van der Waals surface area contributed by atoms with Crippen LogP contribution in [0, 0.1) is 6.92 Å². The van der Waals surface area contributed by atoms with E-state index in [2.05, 4.69) is 30.5 Å². The highest BCUT2D eigenvalue weighted by molar-refractivity contribution is 6.15. The van der Waals surface area contributed by atoms with Gasteiger partial charge in [0.25, 0.3) is 11.8 Å². The van der Waals surface area contributed by atoms with Crippen molar-refractivity contribution >= 4 is 46.5 Å². The number of fused-ring (bicyclic) bond motifs is 8. The van der Waals surface area contributed by atoms with Crippen LogP contribution in [0.1, 0.15) is 62.4 Å². The molecule has 0 radical (unpaired) electrons. The van der Waals surface area contributed by atoms with Gasteiger partial charge in [0.05, 0.1) is 41.7 Å². The van der Waals surface area contributed by atoms with Crippen LogP contribution >= 0.6 is 0 Å². The predicted molar refractivity (Wildman–Crippen MR) is 217 cm³/mol. The third kappa shape index (κ3) is 6.27. The molecule has 2 amide bonds. The van der Waals surface area contributed by atoms with Gasteiger partial charge in [-0.05, 0) is 97.5 Å². The first-order valence-corrected chi connectivity index (χ1v) is 19.0. The molecule has 0 saturated carbocycles. The lowest BCUT2D eigenvalue weighted by atomic mass is 10.1. The Morgan fingerprint density at radius 1 is 0.804 bits per heavy atom. The standard InChI is InChI=1S/C45H43N5O6/c1-25(2)47-31-15-27(23-55-40-21-36-33(13-26(40)3)45(53)50-38-12-8-6-10-30(38)18-39(50)43(51)48-36)14-28(16-31)24-56-42-20-35-34(19-41(42)54-4)44(52)49-32(22-46-35)17-29-9-5-7-11-37(29)49/h5-16,19-22,25,32,39,43,47-48,51H,17-18,23-24H2,1-4H3/t32-,39-,43?/m0/s1. The minimum absolute atomic E-state index is 0.121. The van der Waals surface area contributed by atoms with Crippen molar-refractivity contribution in [2.45, 2.75) is 71.2 Å². The number of nitrogens with one attached hydrogen (secondary N) is 2. The number of ether oxygens (including phenoxy) is 3. The summed E-state index contributed by atoms with van der Waals surface area (Å²) in [6.07, 6.45) is 2.18. The second kappa shape index (κ2) is 14.1. The van der Waals surface area contributed by atoms with Gasteiger partial charge in [0.2, 0.25) is 0 Å². The molecular weight excluding hydrogens is 707 g/mol. The smallest absolute Gasteiger partial charge is 0.261 e. The van der Waals surface area contributed by atoms with Crippen LogP contribution in [-0.2, 0) is 26.1 Å². The molecule has 0 saturated heterocycles. The number of aliphatic imine (C=N–C) groups is 1. The molecule has 0 spiro atoms. The number of aliphatic hydroxyl groups is 1. The van der Waals surface area contributed by atoms with E-state index in [9.17, 15) is 14.7 Å². The van der Waals surface area contributed by atoms with Crippen molar-refractivity contribution in [2.75, 3.05) is 27.5 Å². The summed E-state index contributed by atoms with van der Waals surface area (Å²) in [6, 6.07) is 28.6. The predicted octanol–water partition coefficient (Wildman–Crippen LogP) is 7.58. The summed E-state index contributed by atoms with van der Waals surface area (Å²) in [5.74, 6) is 1.25. The van der Waals surface area contributed by atoms with Crippen LogP contribution in [0.2, 0.25) is 0 Å². The van der Waals surface area contributed by atoms with Crippen molar-refractivity contribution in [2.24, 2.45) is 4.99 Å². The number of hydrogen-bond acceptors (Lipinski definition) is 9. The number of para-hydroxylation sites is 2. The minimum atomic E-state index is -0.954. The molecule has 11 heteroatoms. The molecule has 11 nitrogen and oxygen atoms in total. The molecule has 4 aliphatic heterocycles. The molecule has 1 unspecified atom stereocenters. The average Bonchev–Trinajstić information content (AvgIpc) is 3.71. The van der Waals surface area contributed by atoms with Crippen LogP contribution in [0.3, 0.4) is 0 Å². The van der Waals surface area contributed by atoms with Crippen molar-refractivity contribution in [3.8, 4) is 17.2 Å². The molecule has 5 aromatic rings. The molecule has 4 heterocycles. The Bertz CT molecular complexity index is 2430. The fraction of sp³-hybridized carbons (Fsp3) is 0.267. The van der Waals surface area contributed by atoms with Crippen molar-refractivity contribution in [3.05, 3.63) is 130 Å². The van der Waals surface area contributed by atoms with Crippen LogP contribution < -0.4 is 34.6 Å². The van der Waals surface area contributed by atoms with E-state index in [4.69, 9.17) is 19.2 Å². The number of aliphatic hydroxyl groups excluding tert-OH is 1. The van der Waals surface area contributed by atoms with Crippen LogP contribution in [0.4, 0.5) is 28.4 Å². The van der Waals surface area contributed by atoms with Crippen LogP contribution in [0.5, 0.6) is 17.2 Å². The summed E-state index contributed by atoms with van der Waals surface area (Å²) in [6.45, 7) is 6.55. The number of carbonyl (C=O) groups excluding carboxylic acids is 2. The van der Waals surface area contributed by atoms with Crippen molar-refractivity contribution in [1.82, 2.24) is 0 Å². The zero-order valence-electron chi connectivity index (χ0n) is 31.7. The molecule has 56 heavy (non-hydrogen) atoms. The second-order valence-corrected chi connectivity index (χ2v) is 15.1. The van der Waals surface area contributed by atoms with Gasteiger partial charge < -0.3 is 34.9 Å². The van der Waals surface area contributed by atoms with Gasteiger partial charge in [-0.25, -0.2) is 0 Å². The summed E-state index contributed by atoms with van der Waals surface area (Å²) >= 11 is 0. The Labute approximate surface area is 325 Å². The molecule has 284 valence electrons. The summed E-state index contributed by atoms with van der Waals surface area (Å²) < 4.78 is 18.5. The van der Waals surface area contributed by atoms with E-state index in [1.165, 1.54) is 0 Å². The van der Waals surface area contributed by atoms with Gasteiger partial charge in [-0.2, -0.15) is 0 Å². The van der Waals surface area contributed by atoms with Gasteiger partial charge in [0, 0.05) is 47.9 Å². The van der Waals surface area contributed by atoms with E-state index >= 15 is 0 Å². The number of methoxy groups -OCH3 is 1. The summed E-state index contributed by atoms with van der Waals surface area (Å²) in [5.41, 5.74) is 9.46. The van der Waals surface area contributed by atoms with Gasteiger partial charge in [0.15, 0.2) is 11.5 Å². The molecule has 0 fully saturated rings. The zero-order chi connectivity index (χ0) is 38.7. The van der Waals surface area contributed by atoms with E-state index in [1.54, 1.807) is 30.2 Å². The van der Waals surface area contributed by atoms with Crippen LogP contribution in [0.25, 0.3) is 0 Å². The summed E-state index contributed by atoms with van der Waals surface area (Å²) in [4.78, 5) is 36.1. The van der Waals surface area contributed by atoms with Gasteiger partial charge in [-0.3, -0.25) is 19.5 Å². The first-order valence-electron chi connectivity index (χ1n) is 19.0. The Morgan fingerprint density at radius 3 is 2.18 bits per heavy atom. The Kier molecular flexibility index (Phi) is 8.89. The highest BCUT2D eigenvalue weighted by Gasteiger charge is 2.42. The zero-order valence-corrected chi connectivity index (χ0v) is 31.7. The first-order chi connectivity index (χ1) is 27.1. The lowest BCUT2D eigenvalue weighted by Gasteiger charge is -2.26. The molecule has 9 rings (SSSR count). The fourth-order valence-electron chi connectivity index (χ4n) is 8.31. The lowest BCUT2D eigenvalue weighted by molar-refractivity contribution is 0.0951. The largest absolute Gasteiger partial charge is 0.493 e. The Morgan fingerprint density at radius 2 is 1.46 bits per heavy atom. The number of hydrogen-bond donors (Lipinski definition) is 3. The van der Waals surface area contributed by atoms with Crippen molar-refractivity contribution < 1.29 is 28.9 Å². The minimum Gasteiger partial charge on any atom is -0.493 e. The topological polar surface area (TPSA) is 125 Å². The van der Waals surface area contributed by atoms with E-state index in [1.807, 2.05) is 84.8 Å². The molecule has 3 atom stereocenters. The van der Waals surface area contributed by atoms with E-state index in [-0.39, 0.29) is 37.1 Å². The molecule has 0 aliphatic carbocycles. The molecule has 0 bridgehead atoms. The number of carbonyl (C=O) groups is 2. The summed E-state index contributed by atoms with van der Waals surface area (Å²) in [7, 11) is 1.56. The average molecular weight is 750 g/mol. The highest BCUT2D eigenvalue weighted by Crippen LogP contribution is 2.42. The number of benzene rings is 5. The Balaban J connectivity index is 0.947. The van der Waals surface area contributed by atoms with E-state index in [0.717, 1.165) is 44.9 Å². The molecule has 5 aromatic carbocycles. The molecule has 0 aromatic heterocycles. The number of amides is 2. The van der Waals surface area contributed by atoms with Crippen molar-refractivity contribution in [1.29, 1.82) is 0 Å². The van der Waals surface area contributed by atoms with Gasteiger partial charge in [-0.1, -0.05) is 36.4 Å². The summed E-state index contributed by atoms with van der Waals surface area (Å²) in [5, 5.41) is 17.9. The van der Waals surface area contributed by atoms with E-state index in [0.29, 0.717) is 52.6 Å². The maximum absolute atomic E-state index is 13.9. The van der Waals surface area contributed by atoms with E-state index < -0.39 is 12.3 Å². The number of anilines is 4. The maximum atomic E-state index is 13.9. The number of rotatable bonds is 9. The third-order valence-electron chi connectivity index (χ3n) is 10.9. The number of aryl methyl sites for hydroxylation is 1. The van der Waals surface area contributed by atoms with Gasteiger partial charge in [0.1, 0.15) is 25.2 Å². The van der Waals surface area contributed by atoms with Crippen molar-refractivity contribution in [3.63, 3.8) is 0 Å². The Hall–Kier alpha value is -6.33. The van der Waals surface area contributed by atoms with Crippen LogP contribution in [-0.4, -0.2) is 54.6 Å².